The maximum Gasteiger partial charge on any atom is 0.323 e. The summed E-state index contributed by atoms with van der Waals surface area (Å²) >= 11 is 0. The van der Waals surface area contributed by atoms with Gasteiger partial charge in [0, 0.05) is 5.69 Å². The van der Waals surface area contributed by atoms with E-state index >= 15 is 0 Å². The van der Waals surface area contributed by atoms with Crippen LogP contribution in [0.2, 0.25) is 0 Å². The minimum absolute atomic E-state index is 0.246. The lowest BCUT2D eigenvalue weighted by Gasteiger charge is -2.22. The molecule has 0 bridgehead atoms. The molecule has 0 aliphatic heterocycles. The second-order valence-electron chi connectivity index (χ2n) is 7.62. The van der Waals surface area contributed by atoms with Gasteiger partial charge in [-0.05, 0) is 34.9 Å². The zero-order chi connectivity index (χ0) is 20.7. The van der Waals surface area contributed by atoms with Gasteiger partial charge in [0.25, 0.3) is 0 Å². The number of esters is 1. The van der Waals surface area contributed by atoms with Crippen molar-refractivity contribution in [2.45, 2.75) is 58.8 Å². The van der Waals surface area contributed by atoms with Crippen LogP contribution in [-0.4, -0.2) is 18.5 Å². The number of amides is 1. The molecule has 2 aromatic rings. The van der Waals surface area contributed by atoms with Crippen molar-refractivity contribution in [2.75, 3.05) is 11.9 Å². The topological polar surface area (TPSA) is 55.4 Å². The molecule has 1 amide bonds. The first kappa shape index (κ1) is 21.7. The second-order valence-corrected chi connectivity index (χ2v) is 7.62. The fourth-order valence-corrected chi connectivity index (χ4v) is 3.22. The molecule has 2 aromatic carbocycles. The highest BCUT2D eigenvalue weighted by molar-refractivity contribution is 6.10. The van der Waals surface area contributed by atoms with E-state index < -0.39 is 11.9 Å². The number of rotatable bonds is 8. The monoisotopic (exact) mass is 381 g/mol. The molecule has 0 heterocycles. The molecule has 0 aliphatic rings. The van der Waals surface area contributed by atoms with Crippen LogP contribution in [0.1, 0.15) is 75.5 Å². The molecular formula is C24H31NO3. The van der Waals surface area contributed by atoms with E-state index in [0.29, 0.717) is 18.6 Å². The normalized spacial score (nSPS) is 12.1. The van der Waals surface area contributed by atoms with E-state index in [4.69, 9.17) is 4.74 Å². The summed E-state index contributed by atoms with van der Waals surface area (Å²) in [5.41, 5.74) is 3.57. The van der Waals surface area contributed by atoms with E-state index in [1.54, 1.807) is 12.1 Å². The lowest BCUT2D eigenvalue weighted by atomic mass is 9.91. The Morgan fingerprint density at radius 1 is 0.893 bits per heavy atom. The number of nitrogens with one attached hydrogen (secondary N) is 1. The molecule has 0 saturated heterocycles. The van der Waals surface area contributed by atoms with E-state index in [9.17, 15) is 9.59 Å². The summed E-state index contributed by atoms with van der Waals surface area (Å²) in [6.07, 6.45) is 0.711. The minimum atomic E-state index is -0.993. The van der Waals surface area contributed by atoms with Gasteiger partial charge in [0.05, 0.1) is 6.61 Å². The van der Waals surface area contributed by atoms with Gasteiger partial charge in [0.2, 0.25) is 5.91 Å². The molecule has 0 fully saturated rings. The fraction of sp³-hybridized carbons (Fsp3) is 0.417. The molecule has 0 spiro atoms. The molecule has 0 saturated carbocycles. The van der Waals surface area contributed by atoms with Crippen molar-refractivity contribution in [3.05, 3.63) is 65.2 Å². The Bertz CT molecular complexity index is 771. The highest BCUT2D eigenvalue weighted by Crippen LogP contribution is 2.33. The largest absolute Gasteiger partial charge is 0.465 e. The Morgan fingerprint density at radius 2 is 1.46 bits per heavy atom. The van der Waals surface area contributed by atoms with Crippen molar-refractivity contribution in [2.24, 2.45) is 0 Å². The SMILES string of the molecule is CCCOC(=O)C(C(=O)Nc1c(C(C)C)cccc1C(C)C)c1ccccc1. The van der Waals surface area contributed by atoms with E-state index in [-0.39, 0.29) is 17.7 Å². The summed E-state index contributed by atoms with van der Waals surface area (Å²) < 4.78 is 5.32. The van der Waals surface area contributed by atoms with Crippen LogP contribution < -0.4 is 5.32 Å². The Hall–Kier alpha value is -2.62. The highest BCUT2D eigenvalue weighted by atomic mass is 16.5. The third-order valence-electron chi connectivity index (χ3n) is 4.70. The van der Waals surface area contributed by atoms with Gasteiger partial charge < -0.3 is 10.1 Å². The first-order chi connectivity index (χ1) is 13.4. The predicted molar refractivity (Wildman–Crippen MR) is 114 cm³/mol. The molecule has 1 N–H and O–H groups in total. The summed E-state index contributed by atoms with van der Waals surface area (Å²) in [6, 6.07) is 15.2. The molecule has 150 valence electrons. The number of carbonyl (C=O) groups excluding carboxylic acids is 2. The first-order valence-electron chi connectivity index (χ1n) is 10.0. The van der Waals surface area contributed by atoms with Crippen LogP contribution in [0.25, 0.3) is 0 Å². The number of ether oxygens (including phenoxy) is 1. The van der Waals surface area contributed by atoms with Gasteiger partial charge in [0.15, 0.2) is 5.92 Å². The van der Waals surface area contributed by atoms with Gasteiger partial charge in [-0.15, -0.1) is 0 Å². The number of hydrogen-bond donors (Lipinski definition) is 1. The number of benzene rings is 2. The quantitative estimate of drug-likeness (QED) is 0.478. The maximum atomic E-state index is 13.3. The summed E-state index contributed by atoms with van der Waals surface area (Å²) in [6.45, 7) is 10.6. The number of carbonyl (C=O) groups is 2. The predicted octanol–water partition coefficient (Wildman–Crippen LogP) is 5.61. The summed E-state index contributed by atoms with van der Waals surface area (Å²) in [5, 5.41) is 3.06. The Morgan fingerprint density at radius 3 is 1.96 bits per heavy atom. The zero-order valence-electron chi connectivity index (χ0n) is 17.5. The smallest absolute Gasteiger partial charge is 0.323 e. The highest BCUT2D eigenvalue weighted by Gasteiger charge is 2.31. The fourth-order valence-electron chi connectivity index (χ4n) is 3.22. The van der Waals surface area contributed by atoms with Crippen molar-refractivity contribution in [1.82, 2.24) is 0 Å². The van der Waals surface area contributed by atoms with Crippen LogP contribution >= 0.6 is 0 Å². The Kier molecular flexibility index (Phi) is 7.80. The molecule has 1 atom stereocenters. The van der Waals surface area contributed by atoms with Crippen molar-refractivity contribution in [1.29, 1.82) is 0 Å². The summed E-state index contributed by atoms with van der Waals surface area (Å²) in [5.74, 6) is -1.37. The molecular weight excluding hydrogens is 350 g/mol. The zero-order valence-corrected chi connectivity index (χ0v) is 17.5. The van der Waals surface area contributed by atoms with Crippen LogP contribution in [-0.2, 0) is 14.3 Å². The van der Waals surface area contributed by atoms with Crippen LogP contribution in [0.15, 0.2) is 48.5 Å². The number of hydrogen-bond acceptors (Lipinski definition) is 3. The number of anilines is 1. The third-order valence-corrected chi connectivity index (χ3v) is 4.70. The molecule has 0 aromatic heterocycles. The average molecular weight is 382 g/mol. The molecule has 2 rings (SSSR count). The maximum absolute atomic E-state index is 13.3. The van der Waals surface area contributed by atoms with Crippen LogP contribution in [0.5, 0.6) is 0 Å². The van der Waals surface area contributed by atoms with Crippen LogP contribution in [0.3, 0.4) is 0 Å². The number of para-hydroxylation sites is 1. The van der Waals surface area contributed by atoms with Crippen molar-refractivity contribution >= 4 is 17.6 Å². The first-order valence-corrected chi connectivity index (χ1v) is 10.0. The van der Waals surface area contributed by atoms with Crippen LogP contribution in [0, 0.1) is 0 Å². The standard InChI is InChI=1S/C24H31NO3/c1-6-15-28-24(27)21(18-11-8-7-9-12-18)23(26)25-22-19(16(2)3)13-10-14-20(22)17(4)5/h7-14,16-17,21H,6,15H2,1-5H3,(H,25,26). The van der Waals surface area contributed by atoms with Gasteiger partial charge in [-0.1, -0.05) is 83.1 Å². The molecule has 4 heteroatoms. The minimum Gasteiger partial charge on any atom is -0.465 e. The van der Waals surface area contributed by atoms with Gasteiger partial charge in [-0.25, -0.2) is 0 Å². The lowest BCUT2D eigenvalue weighted by Crippen LogP contribution is -2.30. The summed E-state index contributed by atoms with van der Waals surface area (Å²) in [7, 11) is 0. The average Bonchev–Trinajstić information content (AvgIpc) is 2.67. The Balaban J connectivity index is 2.42. The molecule has 28 heavy (non-hydrogen) atoms. The van der Waals surface area contributed by atoms with Crippen LogP contribution in [0.4, 0.5) is 5.69 Å². The Labute approximate surface area is 168 Å². The molecule has 0 aliphatic carbocycles. The second kappa shape index (κ2) is 10.1. The molecule has 0 radical (unpaired) electrons. The van der Waals surface area contributed by atoms with E-state index in [2.05, 4.69) is 33.0 Å². The van der Waals surface area contributed by atoms with Gasteiger partial charge in [-0.2, -0.15) is 0 Å². The van der Waals surface area contributed by atoms with Gasteiger partial charge in [0.1, 0.15) is 0 Å². The van der Waals surface area contributed by atoms with Gasteiger partial charge >= 0.3 is 5.97 Å². The third kappa shape index (κ3) is 5.22. The molecule has 1 unspecified atom stereocenters. The van der Waals surface area contributed by atoms with Crippen molar-refractivity contribution in [3.8, 4) is 0 Å². The summed E-state index contributed by atoms with van der Waals surface area (Å²) in [4.78, 5) is 25.9. The van der Waals surface area contributed by atoms with E-state index in [1.807, 2.05) is 43.3 Å². The van der Waals surface area contributed by atoms with E-state index in [0.717, 1.165) is 16.8 Å². The van der Waals surface area contributed by atoms with Crippen molar-refractivity contribution in [3.63, 3.8) is 0 Å². The van der Waals surface area contributed by atoms with Crippen molar-refractivity contribution < 1.29 is 14.3 Å². The lowest BCUT2D eigenvalue weighted by molar-refractivity contribution is -0.147. The van der Waals surface area contributed by atoms with E-state index in [1.165, 1.54) is 0 Å². The molecule has 4 nitrogen and oxygen atoms in total. The van der Waals surface area contributed by atoms with Gasteiger partial charge in [-0.3, -0.25) is 9.59 Å².